The molecular weight excluding hydrogens is 168 g/mol. The van der Waals surface area contributed by atoms with Crippen molar-refractivity contribution in [1.82, 2.24) is 0 Å². The van der Waals surface area contributed by atoms with Gasteiger partial charge in [-0.05, 0) is 11.8 Å². The first kappa shape index (κ1) is 12.1. The minimum atomic E-state index is 0.983. The van der Waals surface area contributed by atoms with Gasteiger partial charge in [0.2, 0.25) is 0 Å². The van der Waals surface area contributed by atoms with E-state index < -0.39 is 0 Å². The van der Waals surface area contributed by atoms with Gasteiger partial charge in [-0.15, -0.1) is 0 Å². The van der Waals surface area contributed by atoms with Crippen LogP contribution in [0.4, 0.5) is 0 Å². The molecule has 0 saturated heterocycles. The van der Waals surface area contributed by atoms with Crippen LogP contribution in [0.1, 0.15) is 78.1 Å². The Morgan fingerprint density at radius 3 is 1.29 bits per heavy atom. The van der Waals surface area contributed by atoms with E-state index in [1.165, 1.54) is 64.2 Å². The van der Waals surface area contributed by atoms with Crippen LogP contribution in [-0.2, 0) is 0 Å². The Bertz CT molecular complexity index is 112. The van der Waals surface area contributed by atoms with Gasteiger partial charge in [-0.1, -0.05) is 78.1 Å². The lowest BCUT2D eigenvalue weighted by Gasteiger charge is -2.16. The van der Waals surface area contributed by atoms with Gasteiger partial charge in [-0.2, -0.15) is 0 Å². The van der Waals surface area contributed by atoms with E-state index in [-0.39, 0.29) is 0 Å². The van der Waals surface area contributed by atoms with E-state index in [4.69, 9.17) is 0 Å². The highest BCUT2D eigenvalue weighted by Gasteiger charge is 2.07. The second kappa shape index (κ2) is 7.31. The van der Waals surface area contributed by atoms with Crippen LogP contribution in [0.25, 0.3) is 0 Å². The highest BCUT2D eigenvalue weighted by Crippen LogP contribution is 2.23. The molecule has 1 aliphatic carbocycles. The number of hydrogen-bond acceptors (Lipinski definition) is 0. The van der Waals surface area contributed by atoms with Crippen LogP contribution in [0.2, 0.25) is 0 Å². The lowest BCUT2D eigenvalue weighted by atomic mass is 9.90. The van der Waals surface area contributed by atoms with Gasteiger partial charge in [0, 0.05) is 0 Å². The summed E-state index contributed by atoms with van der Waals surface area (Å²) in [6.45, 7) is 4.89. The molecule has 2 unspecified atom stereocenters. The Kier molecular flexibility index (Phi) is 6.31. The van der Waals surface area contributed by atoms with E-state index in [2.05, 4.69) is 13.8 Å². The zero-order chi connectivity index (χ0) is 10.2. The van der Waals surface area contributed by atoms with Gasteiger partial charge in [-0.3, -0.25) is 0 Å². The molecule has 0 aromatic rings. The Hall–Kier alpha value is 0. The lowest BCUT2D eigenvalue weighted by molar-refractivity contribution is 0.367. The van der Waals surface area contributed by atoms with Crippen LogP contribution < -0.4 is 0 Å². The van der Waals surface area contributed by atoms with Gasteiger partial charge < -0.3 is 0 Å². The standard InChI is InChI=1S/C14H28/c1-13-9-7-5-3-4-6-8-10-14(2)12-11-13/h13-14H,3-12H2,1-2H3. The summed E-state index contributed by atoms with van der Waals surface area (Å²) < 4.78 is 0. The molecule has 0 aromatic heterocycles. The summed E-state index contributed by atoms with van der Waals surface area (Å²) in [4.78, 5) is 0. The third kappa shape index (κ3) is 5.67. The van der Waals surface area contributed by atoms with Crippen LogP contribution in [0.5, 0.6) is 0 Å². The monoisotopic (exact) mass is 196 g/mol. The Balaban J connectivity index is 2.22. The fraction of sp³-hybridized carbons (Fsp3) is 1.00. The van der Waals surface area contributed by atoms with Crippen molar-refractivity contribution in [2.45, 2.75) is 78.1 Å². The smallest absolute Gasteiger partial charge is 0.0443 e. The van der Waals surface area contributed by atoms with Crippen molar-refractivity contribution in [3.63, 3.8) is 0 Å². The number of hydrogen-bond donors (Lipinski definition) is 0. The fourth-order valence-corrected chi connectivity index (χ4v) is 2.55. The molecule has 0 radical (unpaired) electrons. The van der Waals surface area contributed by atoms with Crippen LogP contribution in [0, 0.1) is 11.8 Å². The van der Waals surface area contributed by atoms with Crippen LogP contribution >= 0.6 is 0 Å². The van der Waals surface area contributed by atoms with Gasteiger partial charge in [0.1, 0.15) is 0 Å². The second-order valence-corrected chi connectivity index (χ2v) is 5.49. The number of rotatable bonds is 0. The van der Waals surface area contributed by atoms with Crippen molar-refractivity contribution in [1.29, 1.82) is 0 Å². The quantitative estimate of drug-likeness (QED) is 0.501. The van der Waals surface area contributed by atoms with Crippen molar-refractivity contribution in [2.24, 2.45) is 11.8 Å². The molecule has 0 amide bonds. The molecule has 0 heteroatoms. The summed E-state index contributed by atoms with van der Waals surface area (Å²) in [7, 11) is 0. The Labute approximate surface area is 90.5 Å². The normalized spacial score (nSPS) is 33.0. The second-order valence-electron chi connectivity index (χ2n) is 5.49. The molecule has 0 heterocycles. The van der Waals surface area contributed by atoms with E-state index >= 15 is 0 Å². The minimum Gasteiger partial charge on any atom is -0.0625 e. The molecule has 0 spiro atoms. The average molecular weight is 196 g/mol. The predicted octanol–water partition coefficient (Wildman–Crippen LogP) is 5.17. The molecule has 1 fully saturated rings. The Morgan fingerprint density at radius 1 is 0.500 bits per heavy atom. The van der Waals surface area contributed by atoms with Crippen molar-refractivity contribution in [3.8, 4) is 0 Å². The Morgan fingerprint density at radius 2 is 0.857 bits per heavy atom. The van der Waals surface area contributed by atoms with E-state index in [0.29, 0.717) is 0 Å². The van der Waals surface area contributed by atoms with E-state index in [1.807, 2.05) is 0 Å². The molecule has 84 valence electrons. The van der Waals surface area contributed by atoms with Crippen LogP contribution in [-0.4, -0.2) is 0 Å². The minimum absolute atomic E-state index is 0.983. The van der Waals surface area contributed by atoms with E-state index in [9.17, 15) is 0 Å². The topological polar surface area (TPSA) is 0 Å². The molecule has 2 atom stereocenters. The van der Waals surface area contributed by atoms with Gasteiger partial charge in [0.25, 0.3) is 0 Å². The molecule has 0 aliphatic heterocycles. The van der Waals surface area contributed by atoms with Gasteiger partial charge in [0.05, 0.1) is 0 Å². The maximum Gasteiger partial charge on any atom is -0.0443 e. The summed E-state index contributed by atoms with van der Waals surface area (Å²) in [5.41, 5.74) is 0. The van der Waals surface area contributed by atoms with Crippen molar-refractivity contribution in [2.75, 3.05) is 0 Å². The van der Waals surface area contributed by atoms with Crippen molar-refractivity contribution in [3.05, 3.63) is 0 Å². The molecule has 0 nitrogen and oxygen atoms in total. The highest BCUT2D eigenvalue weighted by molar-refractivity contribution is 4.61. The van der Waals surface area contributed by atoms with Crippen LogP contribution in [0.15, 0.2) is 0 Å². The summed E-state index contributed by atoms with van der Waals surface area (Å²) in [5, 5.41) is 0. The van der Waals surface area contributed by atoms with E-state index in [0.717, 1.165) is 11.8 Å². The molecule has 0 aromatic carbocycles. The zero-order valence-corrected chi connectivity index (χ0v) is 10.2. The molecule has 1 aliphatic rings. The molecule has 0 N–H and O–H groups in total. The average Bonchev–Trinajstić information content (AvgIpc) is 2.17. The summed E-state index contributed by atoms with van der Waals surface area (Å²) in [6.07, 6.45) is 14.8. The first-order chi connectivity index (χ1) is 6.79. The largest absolute Gasteiger partial charge is 0.0625 e. The molecule has 0 bridgehead atoms. The predicted molar refractivity (Wildman–Crippen MR) is 64.5 cm³/mol. The van der Waals surface area contributed by atoms with Crippen molar-refractivity contribution >= 4 is 0 Å². The molecular formula is C14H28. The van der Waals surface area contributed by atoms with Crippen molar-refractivity contribution < 1.29 is 0 Å². The van der Waals surface area contributed by atoms with Gasteiger partial charge in [0.15, 0.2) is 0 Å². The van der Waals surface area contributed by atoms with Gasteiger partial charge in [-0.25, -0.2) is 0 Å². The third-order valence-electron chi connectivity index (χ3n) is 3.80. The summed E-state index contributed by atoms with van der Waals surface area (Å²) in [6, 6.07) is 0. The summed E-state index contributed by atoms with van der Waals surface area (Å²) >= 11 is 0. The molecule has 1 rings (SSSR count). The molecule has 1 saturated carbocycles. The maximum atomic E-state index is 2.44. The SMILES string of the molecule is CC1CCCCCCCCC(C)CC1. The highest BCUT2D eigenvalue weighted by atomic mass is 14.1. The third-order valence-corrected chi connectivity index (χ3v) is 3.80. The van der Waals surface area contributed by atoms with Gasteiger partial charge >= 0.3 is 0 Å². The maximum absolute atomic E-state index is 2.44. The first-order valence-electron chi connectivity index (χ1n) is 6.79. The fourth-order valence-electron chi connectivity index (χ4n) is 2.55. The zero-order valence-electron chi connectivity index (χ0n) is 10.2. The summed E-state index contributed by atoms with van der Waals surface area (Å²) in [5.74, 6) is 1.97. The molecule has 14 heavy (non-hydrogen) atoms. The lowest BCUT2D eigenvalue weighted by Crippen LogP contribution is -2.02. The van der Waals surface area contributed by atoms with Crippen LogP contribution in [0.3, 0.4) is 0 Å². The first-order valence-corrected chi connectivity index (χ1v) is 6.79. The van der Waals surface area contributed by atoms with E-state index in [1.54, 1.807) is 0 Å².